The minimum atomic E-state index is -1.03. The Balaban J connectivity index is 1.50. The van der Waals surface area contributed by atoms with Gasteiger partial charge < -0.3 is 20.1 Å². The van der Waals surface area contributed by atoms with Gasteiger partial charge in [-0.15, -0.1) is 0 Å². The zero-order valence-electron chi connectivity index (χ0n) is 21.6. The topological polar surface area (TPSA) is 59.6 Å². The molecule has 0 saturated heterocycles. The molecule has 0 radical (unpaired) electrons. The Morgan fingerprint density at radius 1 is 0.875 bits per heavy atom. The molecule has 206 valence electrons. The van der Waals surface area contributed by atoms with Gasteiger partial charge in [0.05, 0.1) is 18.5 Å². The average molecular weight is 583 g/mol. The first-order valence-corrected chi connectivity index (χ1v) is 13.4. The van der Waals surface area contributed by atoms with Gasteiger partial charge in [0.2, 0.25) is 0 Å². The number of anilines is 2. The molecule has 0 bridgehead atoms. The second-order valence-corrected chi connectivity index (χ2v) is 10.4. The highest BCUT2D eigenvalue weighted by Crippen LogP contribution is 2.45. The van der Waals surface area contributed by atoms with Crippen molar-refractivity contribution in [2.45, 2.75) is 31.5 Å². The lowest BCUT2D eigenvalue weighted by molar-refractivity contribution is -0.140. The fourth-order valence-electron chi connectivity index (χ4n) is 4.78. The van der Waals surface area contributed by atoms with Gasteiger partial charge in [0, 0.05) is 46.1 Å². The lowest BCUT2D eigenvalue weighted by Gasteiger charge is -2.33. The van der Waals surface area contributed by atoms with E-state index in [9.17, 15) is 13.6 Å². The quantitative estimate of drug-likeness (QED) is 0.196. The van der Waals surface area contributed by atoms with Crippen LogP contribution in [0.3, 0.4) is 0 Å². The molecule has 5 rings (SSSR count). The first-order chi connectivity index (χ1) is 19.3. The van der Waals surface area contributed by atoms with Gasteiger partial charge in [-0.3, -0.25) is 4.79 Å². The van der Waals surface area contributed by atoms with E-state index in [0.717, 1.165) is 28.8 Å². The molecular weight excluding hydrogens is 557 g/mol. The van der Waals surface area contributed by atoms with Gasteiger partial charge in [0.1, 0.15) is 18.0 Å². The summed E-state index contributed by atoms with van der Waals surface area (Å²) in [7, 11) is 1.37. The highest BCUT2D eigenvalue weighted by Gasteiger charge is 2.41. The fraction of sp³-hybridized carbons (Fsp3) is 0.194. The van der Waals surface area contributed by atoms with E-state index in [4.69, 9.17) is 32.7 Å². The molecule has 4 aromatic rings. The van der Waals surface area contributed by atoms with Crippen LogP contribution in [-0.2, 0) is 34.6 Å². The summed E-state index contributed by atoms with van der Waals surface area (Å²) in [5.41, 5.74) is 3.21. The van der Waals surface area contributed by atoms with Crippen molar-refractivity contribution in [2.75, 3.05) is 17.7 Å². The molecule has 0 fully saturated rings. The molecule has 0 saturated carbocycles. The molecule has 1 aliphatic heterocycles. The highest BCUT2D eigenvalue weighted by molar-refractivity contribution is 6.31. The van der Waals surface area contributed by atoms with Gasteiger partial charge >= 0.3 is 5.97 Å². The molecular formula is C31H26Cl2F2N2O3. The fourth-order valence-corrected chi connectivity index (χ4v) is 5.13. The smallest absolute Gasteiger partial charge is 0.305 e. The van der Waals surface area contributed by atoms with Gasteiger partial charge in [0.25, 0.3) is 0 Å². The molecule has 4 aromatic carbocycles. The van der Waals surface area contributed by atoms with Gasteiger partial charge in [0.15, 0.2) is 11.6 Å². The van der Waals surface area contributed by atoms with Crippen molar-refractivity contribution in [3.63, 3.8) is 0 Å². The Morgan fingerprint density at radius 3 is 2.17 bits per heavy atom. The van der Waals surface area contributed by atoms with Crippen LogP contribution in [0.15, 0.2) is 78.9 Å². The molecule has 0 spiro atoms. The molecule has 0 amide bonds. The Kier molecular flexibility index (Phi) is 8.14. The standard InChI is InChI=1S/C31H26Cl2F2N2O3/c1-39-30(38)13-10-19-6-8-20(9-7-19)17-31(36-27-15-25(34)26(35)16-28(27)37-31)23-12-11-22(32)14-29(23)40-18-21-4-2-3-5-24(21)33/h2-9,11-12,14-16,36-37H,10,13,17-18H2,1H3. The molecule has 0 unspecified atom stereocenters. The van der Waals surface area contributed by atoms with Gasteiger partial charge in [-0.05, 0) is 41.8 Å². The van der Waals surface area contributed by atoms with E-state index < -0.39 is 17.3 Å². The number of methoxy groups -OCH3 is 1. The number of ether oxygens (including phenoxy) is 2. The minimum Gasteiger partial charge on any atom is -0.488 e. The summed E-state index contributed by atoms with van der Waals surface area (Å²) in [6.45, 7) is 0.189. The van der Waals surface area contributed by atoms with E-state index in [1.54, 1.807) is 18.2 Å². The predicted octanol–water partition coefficient (Wildman–Crippen LogP) is 7.89. The highest BCUT2D eigenvalue weighted by atomic mass is 35.5. The molecule has 40 heavy (non-hydrogen) atoms. The molecule has 5 nitrogen and oxygen atoms in total. The maximum Gasteiger partial charge on any atom is 0.305 e. The molecule has 1 aliphatic rings. The van der Waals surface area contributed by atoms with Gasteiger partial charge in [-0.1, -0.05) is 65.7 Å². The Morgan fingerprint density at radius 2 is 1.52 bits per heavy atom. The number of halogens is 4. The minimum absolute atomic E-state index is 0.189. The number of nitrogens with one attached hydrogen (secondary N) is 2. The van der Waals surface area contributed by atoms with Crippen LogP contribution in [0, 0.1) is 11.6 Å². The SMILES string of the molecule is COC(=O)CCc1ccc(CC2(c3ccc(Cl)cc3OCc3ccccc3Cl)Nc3cc(F)c(F)cc3N2)cc1. The lowest BCUT2D eigenvalue weighted by atomic mass is 9.90. The second-order valence-electron chi connectivity index (χ2n) is 9.56. The van der Waals surface area contributed by atoms with Crippen LogP contribution < -0.4 is 15.4 Å². The van der Waals surface area contributed by atoms with Crippen LogP contribution >= 0.6 is 23.2 Å². The Labute approximate surface area is 241 Å². The zero-order chi connectivity index (χ0) is 28.3. The number of aryl methyl sites for hydroxylation is 1. The largest absolute Gasteiger partial charge is 0.488 e. The van der Waals surface area contributed by atoms with E-state index >= 15 is 0 Å². The molecule has 0 aromatic heterocycles. The molecule has 9 heteroatoms. The summed E-state index contributed by atoms with van der Waals surface area (Å²) in [5, 5.41) is 7.81. The number of benzene rings is 4. The van der Waals surface area contributed by atoms with Crippen molar-refractivity contribution in [1.29, 1.82) is 0 Å². The second kappa shape index (κ2) is 11.7. The van der Waals surface area contributed by atoms with E-state index in [1.807, 2.05) is 48.5 Å². The number of fused-ring (bicyclic) bond motifs is 1. The normalized spacial score (nSPS) is 13.2. The molecule has 2 N–H and O–H groups in total. The summed E-state index contributed by atoms with van der Waals surface area (Å²) in [4.78, 5) is 11.5. The van der Waals surface area contributed by atoms with Crippen LogP contribution in [-0.4, -0.2) is 13.1 Å². The van der Waals surface area contributed by atoms with Crippen LogP contribution in [0.4, 0.5) is 20.2 Å². The summed E-state index contributed by atoms with van der Waals surface area (Å²) in [5.74, 6) is -1.70. The zero-order valence-corrected chi connectivity index (χ0v) is 23.1. The Bertz CT molecular complexity index is 1520. The summed E-state index contributed by atoms with van der Waals surface area (Å²) >= 11 is 12.7. The van der Waals surface area contributed by atoms with Crippen LogP contribution in [0.25, 0.3) is 0 Å². The first-order valence-electron chi connectivity index (χ1n) is 12.6. The van der Waals surface area contributed by atoms with Crippen molar-refractivity contribution in [2.24, 2.45) is 0 Å². The van der Waals surface area contributed by atoms with E-state index in [2.05, 4.69) is 10.6 Å². The maximum absolute atomic E-state index is 14.2. The number of esters is 1. The third-order valence-electron chi connectivity index (χ3n) is 6.84. The third kappa shape index (κ3) is 6.01. The van der Waals surface area contributed by atoms with Crippen molar-refractivity contribution in [1.82, 2.24) is 0 Å². The monoisotopic (exact) mass is 582 g/mol. The van der Waals surface area contributed by atoms with Crippen molar-refractivity contribution < 1.29 is 23.0 Å². The molecule has 1 heterocycles. The van der Waals surface area contributed by atoms with Crippen molar-refractivity contribution >= 4 is 40.5 Å². The maximum atomic E-state index is 14.2. The third-order valence-corrected chi connectivity index (χ3v) is 7.44. The molecule has 0 aliphatic carbocycles. The Hall–Kier alpha value is -3.81. The lowest BCUT2D eigenvalue weighted by Crippen LogP contribution is -2.41. The van der Waals surface area contributed by atoms with Crippen molar-refractivity contribution in [3.05, 3.63) is 123 Å². The summed E-state index contributed by atoms with van der Waals surface area (Å²) in [6.07, 6.45) is 1.22. The first kappa shape index (κ1) is 27.7. The predicted molar refractivity (Wildman–Crippen MR) is 153 cm³/mol. The average Bonchev–Trinajstić information content (AvgIpc) is 3.29. The van der Waals surface area contributed by atoms with Crippen LogP contribution in [0.1, 0.15) is 28.7 Å². The van der Waals surface area contributed by atoms with Gasteiger partial charge in [-0.2, -0.15) is 0 Å². The van der Waals surface area contributed by atoms with E-state index in [0.29, 0.717) is 45.6 Å². The summed E-state index contributed by atoms with van der Waals surface area (Å²) in [6, 6.07) is 22.7. The van der Waals surface area contributed by atoms with Gasteiger partial charge in [-0.25, -0.2) is 8.78 Å². The number of carbonyl (C=O) groups excluding carboxylic acids is 1. The number of rotatable bonds is 9. The number of hydrogen-bond acceptors (Lipinski definition) is 5. The van der Waals surface area contributed by atoms with Crippen molar-refractivity contribution in [3.8, 4) is 5.75 Å². The van der Waals surface area contributed by atoms with E-state index in [1.165, 1.54) is 7.11 Å². The number of carbonyl (C=O) groups is 1. The van der Waals surface area contributed by atoms with Crippen LogP contribution in [0.2, 0.25) is 10.0 Å². The summed E-state index contributed by atoms with van der Waals surface area (Å²) < 4.78 is 39.4. The number of hydrogen-bond donors (Lipinski definition) is 2. The van der Waals surface area contributed by atoms with E-state index in [-0.39, 0.29) is 19.0 Å². The van der Waals surface area contributed by atoms with Crippen LogP contribution in [0.5, 0.6) is 5.75 Å². The molecule has 0 atom stereocenters.